The average molecular weight is 409 g/mol. The number of hydrogen-bond donors (Lipinski definition) is 0. The van der Waals surface area contributed by atoms with Crippen LogP contribution in [0.5, 0.6) is 11.5 Å². The molecule has 2 aromatic rings. The average Bonchev–Trinajstić information content (AvgIpc) is 3.54. The van der Waals surface area contributed by atoms with E-state index in [1.807, 2.05) is 36.1 Å². The molecule has 1 saturated carbocycles. The van der Waals surface area contributed by atoms with Gasteiger partial charge in [-0.25, -0.2) is 0 Å². The first-order valence-corrected chi connectivity index (χ1v) is 10.3. The molecule has 2 amide bonds. The molecular weight excluding hydrogens is 382 g/mol. The molecule has 1 aliphatic heterocycles. The van der Waals surface area contributed by atoms with Gasteiger partial charge in [-0.2, -0.15) is 0 Å². The topological polar surface area (TPSA) is 72.0 Å². The number of amides is 2. The van der Waals surface area contributed by atoms with Gasteiger partial charge in [0.25, 0.3) is 0 Å². The first-order valence-electron chi connectivity index (χ1n) is 10.3. The number of hydrogen-bond acceptors (Lipinski definition) is 5. The van der Waals surface area contributed by atoms with Gasteiger partial charge in [-0.05, 0) is 44.0 Å². The number of ether oxygens (including phenoxy) is 2. The number of aromatic nitrogens is 1. The summed E-state index contributed by atoms with van der Waals surface area (Å²) in [5.74, 6) is 0.775. The lowest BCUT2D eigenvalue weighted by atomic mass is 10.0. The normalized spacial score (nSPS) is 19.5. The fourth-order valence-electron chi connectivity index (χ4n) is 4.13. The second-order valence-corrected chi connectivity index (χ2v) is 7.85. The highest BCUT2D eigenvalue weighted by Crippen LogP contribution is 2.38. The van der Waals surface area contributed by atoms with Crippen LogP contribution in [0.1, 0.15) is 37.9 Å². The number of methoxy groups -OCH3 is 2. The molecule has 0 bridgehead atoms. The summed E-state index contributed by atoms with van der Waals surface area (Å²) in [6.07, 6.45) is 3.97. The van der Waals surface area contributed by atoms with E-state index >= 15 is 0 Å². The molecule has 2 unspecified atom stereocenters. The maximum absolute atomic E-state index is 13.5. The number of nitrogens with zero attached hydrogens (tertiary/aromatic N) is 3. The van der Waals surface area contributed by atoms with E-state index in [0.29, 0.717) is 23.7 Å². The van der Waals surface area contributed by atoms with Crippen LogP contribution in [0.15, 0.2) is 42.6 Å². The van der Waals surface area contributed by atoms with Gasteiger partial charge in [0.2, 0.25) is 11.8 Å². The van der Waals surface area contributed by atoms with Crippen LogP contribution in [0.25, 0.3) is 0 Å². The highest BCUT2D eigenvalue weighted by atomic mass is 16.5. The summed E-state index contributed by atoms with van der Waals surface area (Å²) in [6, 6.07) is 11.2. The van der Waals surface area contributed by atoms with Crippen LogP contribution in [-0.4, -0.2) is 48.5 Å². The second kappa shape index (κ2) is 8.34. The van der Waals surface area contributed by atoms with E-state index in [0.717, 1.165) is 18.5 Å². The van der Waals surface area contributed by atoms with Crippen molar-refractivity contribution in [2.45, 2.75) is 38.3 Å². The second-order valence-electron chi connectivity index (χ2n) is 7.85. The van der Waals surface area contributed by atoms with Crippen molar-refractivity contribution in [3.8, 4) is 11.5 Å². The Bertz CT molecular complexity index is 929. The Labute approximate surface area is 176 Å². The molecule has 1 aromatic heterocycles. The fourth-order valence-corrected chi connectivity index (χ4v) is 4.13. The summed E-state index contributed by atoms with van der Waals surface area (Å²) < 4.78 is 10.6. The minimum atomic E-state index is -0.364. The lowest BCUT2D eigenvalue weighted by Gasteiger charge is -2.31. The van der Waals surface area contributed by atoms with Crippen LogP contribution in [0, 0.1) is 5.92 Å². The molecule has 1 aliphatic carbocycles. The maximum Gasteiger partial charge on any atom is 0.228 e. The van der Waals surface area contributed by atoms with Crippen molar-refractivity contribution in [2.24, 2.45) is 5.92 Å². The molecule has 0 N–H and O–H groups in total. The van der Waals surface area contributed by atoms with E-state index in [1.165, 1.54) is 0 Å². The van der Waals surface area contributed by atoms with E-state index in [9.17, 15) is 9.59 Å². The zero-order valence-corrected chi connectivity index (χ0v) is 17.6. The van der Waals surface area contributed by atoms with Crippen LogP contribution < -0.4 is 14.4 Å². The molecule has 2 atom stereocenters. The van der Waals surface area contributed by atoms with Gasteiger partial charge < -0.3 is 19.3 Å². The third-order valence-corrected chi connectivity index (χ3v) is 5.88. The van der Waals surface area contributed by atoms with Crippen molar-refractivity contribution in [3.63, 3.8) is 0 Å². The van der Waals surface area contributed by atoms with Crippen LogP contribution in [0.4, 0.5) is 5.69 Å². The molecule has 0 radical (unpaired) electrons. The summed E-state index contributed by atoms with van der Waals surface area (Å²) in [7, 11) is 3.13. The number of carbonyl (C=O) groups is 2. The van der Waals surface area contributed by atoms with Gasteiger partial charge in [0.1, 0.15) is 0 Å². The quantitative estimate of drug-likeness (QED) is 0.702. The summed E-state index contributed by atoms with van der Waals surface area (Å²) >= 11 is 0. The number of pyridine rings is 1. The molecule has 30 heavy (non-hydrogen) atoms. The Kier molecular flexibility index (Phi) is 5.61. The summed E-state index contributed by atoms with van der Waals surface area (Å²) in [4.78, 5) is 34.3. The largest absolute Gasteiger partial charge is 0.493 e. The smallest absolute Gasteiger partial charge is 0.228 e. The van der Waals surface area contributed by atoms with E-state index in [-0.39, 0.29) is 36.2 Å². The first-order chi connectivity index (χ1) is 14.5. The van der Waals surface area contributed by atoms with E-state index in [4.69, 9.17) is 9.47 Å². The number of carbonyl (C=O) groups excluding carboxylic acids is 2. The Balaban J connectivity index is 1.53. The van der Waals surface area contributed by atoms with Gasteiger partial charge in [0, 0.05) is 37.0 Å². The summed E-state index contributed by atoms with van der Waals surface area (Å²) in [5, 5.41) is 0. The predicted octanol–water partition coefficient (Wildman–Crippen LogP) is 3.20. The summed E-state index contributed by atoms with van der Waals surface area (Å²) in [5.41, 5.74) is 1.59. The Hall–Kier alpha value is -3.09. The van der Waals surface area contributed by atoms with Crippen LogP contribution in [0.3, 0.4) is 0 Å². The van der Waals surface area contributed by atoms with Gasteiger partial charge in [0.05, 0.1) is 31.9 Å². The molecule has 158 valence electrons. The number of rotatable bonds is 7. The van der Waals surface area contributed by atoms with Crippen molar-refractivity contribution in [1.29, 1.82) is 0 Å². The lowest BCUT2D eigenvalue weighted by molar-refractivity contribution is -0.138. The fraction of sp³-hybridized carbons (Fsp3) is 0.435. The van der Waals surface area contributed by atoms with Gasteiger partial charge in [-0.3, -0.25) is 14.6 Å². The zero-order valence-electron chi connectivity index (χ0n) is 17.6. The van der Waals surface area contributed by atoms with E-state index in [1.54, 1.807) is 37.4 Å². The van der Waals surface area contributed by atoms with Crippen molar-refractivity contribution < 1.29 is 19.1 Å². The van der Waals surface area contributed by atoms with Gasteiger partial charge in [0.15, 0.2) is 11.5 Å². The van der Waals surface area contributed by atoms with Gasteiger partial charge >= 0.3 is 0 Å². The first kappa shape index (κ1) is 20.2. The van der Waals surface area contributed by atoms with Crippen LogP contribution in [-0.2, 0) is 9.59 Å². The SMILES string of the molecule is COc1ccc(N2CC(C(=O)N(C3CC3)C(C)c3ccccn3)CC2=O)cc1OC. The molecule has 1 saturated heterocycles. The Morgan fingerprint density at radius 1 is 1.17 bits per heavy atom. The molecular formula is C23H27N3O4. The molecule has 2 heterocycles. The maximum atomic E-state index is 13.5. The van der Waals surface area contributed by atoms with Crippen molar-refractivity contribution in [2.75, 3.05) is 25.7 Å². The third kappa shape index (κ3) is 3.84. The third-order valence-electron chi connectivity index (χ3n) is 5.88. The Morgan fingerprint density at radius 3 is 2.57 bits per heavy atom. The number of benzene rings is 1. The predicted molar refractivity (Wildman–Crippen MR) is 113 cm³/mol. The summed E-state index contributed by atoms with van der Waals surface area (Å²) in [6.45, 7) is 2.38. The number of anilines is 1. The van der Waals surface area contributed by atoms with E-state index in [2.05, 4.69) is 4.98 Å². The Morgan fingerprint density at radius 2 is 1.93 bits per heavy atom. The molecule has 7 heteroatoms. The molecule has 0 spiro atoms. The molecule has 1 aromatic carbocycles. The van der Waals surface area contributed by atoms with Gasteiger partial charge in [-0.15, -0.1) is 0 Å². The highest BCUT2D eigenvalue weighted by molar-refractivity contribution is 6.00. The molecule has 2 fully saturated rings. The highest BCUT2D eigenvalue weighted by Gasteiger charge is 2.43. The monoisotopic (exact) mass is 409 g/mol. The van der Waals surface area contributed by atoms with Crippen molar-refractivity contribution in [3.05, 3.63) is 48.3 Å². The van der Waals surface area contributed by atoms with Crippen LogP contribution >= 0.6 is 0 Å². The van der Waals surface area contributed by atoms with E-state index < -0.39 is 0 Å². The minimum Gasteiger partial charge on any atom is -0.493 e. The lowest BCUT2D eigenvalue weighted by Crippen LogP contribution is -2.41. The minimum absolute atomic E-state index is 0.0342. The zero-order chi connectivity index (χ0) is 21.3. The molecule has 4 rings (SSSR count). The molecule has 2 aliphatic rings. The van der Waals surface area contributed by atoms with Crippen LogP contribution in [0.2, 0.25) is 0 Å². The van der Waals surface area contributed by atoms with Gasteiger partial charge in [-0.1, -0.05) is 6.07 Å². The molecule has 7 nitrogen and oxygen atoms in total. The standard InChI is InChI=1S/C23H27N3O4/c1-15(19-6-4-5-11-24-19)26(17-7-8-17)23(28)16-12-22(27)25(14-16)18-9-10-20(29-2)21(13-18)30-3/h4-6,9-11,13,15-17H,7-8,12,14H2,1-3H3. The van der Waals surface area contributed by atoms with Crippen molar-refractivity contribution in [1.82, 2.24) is 9.88 Å². The van der Waals surface area contributed by atoms with Crippen molar-refractivity contribution >= 4 is 17.5 Å².